The molecule has 5 rings (SSSR count). The van der Waals surface area contributed by atoms with Crippen molar-refractivity contribution in [2.24, 2.45) is 5.73 Å². The summed E-state index contributed by atoms with van der Waals surface area (Å²) in [5.41, 5.74) is 19.4. The van der Waals surface area contributed by atoms with Gasteiger partial charge in [0.2, 0.25) is 0 Å². The van der Waals surface area contributed by atoms with Crippen molar-refractivity contribution in [1.29, 1.82) is 0 Å². The van der Waals surface area contributed by atoms with Crippen LogP contribution >= 0.6 is 0 Å². The molecule has 2 aliphatic rings. The number of aromatic nitrogens is 2. The number of methoxy groups -OCH3 is 1. The molecule has 1 saturated carbocycles. The van der Waals surface area contributed by atoms with Crippen molar-refractivity contribution < 1.29 is 9.47 Å². The van der Waals surface area contributed by atoms with Crippen molar-refractivity contribution in [3.63, 3.8) is 0 Å². The van der Waals surface area contributed by atoms with Crippen LogP contribution in [0.1, 0.15) is 56.2 Å². The Bertz CT molecular complexity index is 1190. The molecule has 0 aliphatic heterocycles. The van der Waals surface area contributed by atoms with Gasteiger partial charge in [0, 0.05) is 24.0 Å². The quantitative estimate of drug-likeness (QED) is 0.594. The highest BCUT2D eigenvalue weighted by molar-refractivity contribution is 5.84. The fraction of sp³-hybridized carbons (Fsp3) is 0.444. The van der Waals surface area contributed by atoms with E-state index >= 15 is 0 Å². The lowest BCUT2D eigenvalue weighted by Crippen LogP contribution is -2.32. The van der Waals surface area contributed by atoms with E-state index in [1.54, 1.807) is 7.11 Å². The Balaban J connectivity index is 1.70. The molecule has 0 unspecified atom stereocenters. The lowest BCUT2D eigenvalue weighted by molar-refractivity contribution is 0.147. The maximum absolute atomic E-state index is 6.65. The Morgan fingerprint density at radius 3 is 2.58 bits per heavy atom. The first-order valence-electron chi connectivity index (χ1n) is 11.8. The van der Waals surface area contributed by atoms with E-state index in [2.05, 4.69) is 42.5 Å². The zero-order valence-electron chi connectivity index (χ0n) is 20.0. The first-order chi connectivity index (χ1) is 15.8. The second-order valence-electron chi connectivity index (χ2n) is 10.2. The first-order valence-corrected chi connectivity index (χ1v) is 11.8. The van der Waals surface area contributed by atoms with Crippen LogP contribution in [0, 0.1) is 6.92 Å². The van der Waals surface area contributed by atoms with E-state index in [4.69, 9.17) is 20.9 Å². The number of nitrogens with zero attached hydrogens (tertiary/aromatic N) is 2. The lowest BCUT2D eigenvalue weighted by atomic mass is 9.69. The normalized spacial score (nSPS) is 21.2. The molecule has 2 aromatic heterocycles. The molecule has 0 radical (unpaired) electrons. The van der Waals surface area contributed by atoms with Crippen LogP contribution in [-0.4, -0.2) is 28.8 Å². The molecule has 6 nitrogen and oxygen atoms in total. The van der Waals surface area contributed by atoms with Gasteiger partial charge in [0.1, 0.15) is 17.3 Å². The Kier molecular flexibility index (Phi) is 5.36. The van der Waals surface area contributed by atoms with Gasteiger partial charge in [0.15, 0.2) is 0 Å². The van der Waals surface area contributed by atoms with Crippen LogP contribution in [0.2, 0.25) is 0 Å². The molecular formula is C27H34N4O2. The van der Waals surface area contributed by atoms with Crippen LogP contribution in [0.25, 0.3) is 16.8 Å². The minimum Gasteiger partial charge on any atom is -0.495 e. The molecule has 4 N–H and O–H groups in total. The predicted molar refractivity (Wildman–Crippen MR) is 132 cm³/mol. The fourth-order valence-corrected chi connectivity index (χ4v) is 5.61. The zero-order chi connectivity index (χ0) is 23.3. The van der Waals surface area contributed by atoms with Gasteiger partial charge in [-0.25, -0.2) is 4.98 Å². The van der Waals surface area contributed by atoms with Gasteiger partial charge in [-0.05, 0) is 78.8 Å². The Morgan fingerprint density at radius 1 is 1.12 bits per heavy atom. The van der Waals surface area contributed by atoms with E-state index in [9.17, 15) is 0 Å². The van der Waals surface area contributed by atoms with Crippen molar-refractivity contribution in [3.8, 4) is 28.3 Å². The summed E-state index contributed by atoms with van der Waals surface area (Å²) in [5, 5.41) is 0. The van der Waals surface area contributed by atoms with Gasteiger partial charge in [-0.2, -0.15) is 0 Å². The maximum atomic E-state index is 6.65. The standard InChI is InChI=1S/C27H34N4O2/c1-16-14-30-26(29)24-23(16)20-9-10-22(33-18-7-5-17(28)6-8-18)25(21(20)13-27(24,2)3)31-12-11-19(15-31)32-4/h9-12,14-15,17-18H,5-8,13,28H2,1-4H3,(H2,29,30). The summed E-state index contributed by atoms with van der Waals surface area (Å²) >= 11 is 0. The molecule has 3 aromatic rings. The summed E-state index contributed by atoms with van der Waals surface area (Å²) in [5.74, 6) is 2.35. The molecule has 1 aromatic carbocycles. The van der Waals surface area contributed by atoms with Crippen LogP contribution in [0.4, 0.5) is 5.82 Å². The molecule has 2 aliphatic carbocycles. The number of aryl methyl sites for hydroxylation is 1. The molecule has 0 amide bonds. The molecule has 33 heavy (non-hydrogen) atoms. The minimum atomic E-state index is -0.159. The number of benzene rings is 1. The summed E-state index contributed by atoms with van der Waals surface area (Å²) in [4.78, 5) is 4.48. The summed E-state index contributed by atoms with van der Waals surface area (Å²) in [6.07, 6.45) is 11.0. The lowest BCUT2D eigenvalue weighted by Gasteiger charge is -2.37. The Hall–Kier alpha value is -2.99. The van der Waals surface area contributed by atoms with Crippen molar-refractivity contribution in [3.05, 3.63) is 53.5 Å². The molecule has 1 fully saturated rings. The summed E-state index contributed by atoms with van der Waals surface area (Å²) < 4.78 is 14.3. The van der Waals surface area contributed by atoms with Crippen LogP contribution in [-0.2, 0) is 11.8 Å². The molecular weight excluding hydrogens is 412 g/mol. The largest absolute Gasteiger partial charge is 0.495 e. The average molecular weight is 447 g/mol. The van der Waals surface area contributed by atoms with E-state index in [1.807, 2.05) is 24.7 Å². The highest BCUT2D eigenvalue weighted by Crippen LogP contribution is 2.50. The SMILES string of the molecule is COc1ccn(-c2c(OC3CCC(N)CC3)ccc3c2CC(C)(C)c2c(N)ncc(C)c2-3)c1. The molecule has 0 bridgehead atoms. The highest BCUT2D eigenvalue weighted by atomic mass is 16.5. The van der Waals surface area contributed by atoms with Crippen molar-refractivity contribution in [1.82, 2.24) is 9.55 Å². The summed E-state index contributed by atoms with van der Waals surface area (Å²) in [6, 6.07) is 6.59. The van der Waals surface area contributed by atoms with Gasteiger partial charge in [0.05, 0.1) is 25.1 Å². The number of anilines is 1. The molecule has 0 saturated heterocycles. The van der Waals surface area contributed by atoms with Crippen molar-refractivity contribution in [2.45, 2.75) is 70.4 Å². The third kappa shape index (κ3) is 3.76. The summed E-state index contributed by atoms with van der Waals surface area (Å²) in [7, 11) is 1.70. The van der Waals surface area contributed by atoms with Crippen LogP contribution in [0.3, 0.4) is 0 Å². The average Bonchev–Trinajstić information content (AvgIpc) is 3.25. The smallest absolute Gasteiger partial charge is 0.144 e. The van der Waals surface area contributed by atoms with Gasteiger partial charge in [-0.1, -0.05) is 19.9 Å². The number of ether oxygens (including phenoxy) is 2. The van der Waals surface area contributed by atoms with E-state index in [0.29, 0.717) is 11.9 Å². The second kappa shape index (κ2) is 8.10. The van der Waals surface area contributed by atoms with Gasteiger partial charge >= 0.3 is 0 Å². The first kappa shape index (κ1) is 21.8. The number of nitrogens with two attached hydrogens (primary N) is 2. The van der Waals surface area contributed by atoms with Crippen LogP contribution in [0.5, 0.6) is 11.5 Å². The third-order valence-corrected chi connectivity index (χ3v) is 7.28. The van der Waals surface area contributed by atoms with E-state index in [-0.39, 0.29) is 11.5 Å². The Labute approximate surface area is 195 Å². The van der Waals surface area contributed by atoms with Gasteiger partial charge < -0.3 is 25.5 Å². The third-order valence-electron chi connectivity index (χ3n) is 7.28. The van der Waals surface area contributed by atoms with E-state index in [0.717, 1.165) is 60.4 Å². The molecule has 0 atom stereocenters. The zero-order valence-corrected chi connectivity index (χ0v) is 20.0. The molecule has 0 spiro atoms. The summed E-state index contributed by atoms with van der Waals surface area (Å²) in [6.45, 7) is 6.62. The molecule has 2 heterocycles. The monoisotopic (exact) mass is 446 g/mol. The number of fused-ring (bicyclic) bond motifs is 3. The topological polar surface area (TPSA) is 88.3 Å². The second-order valence-corrected chi connectivity index (χ2v) is 10.2. The Morgan fingerprint density at radius 2 is 1.88 bits per heavy atom. The van der Waals surface area contributed by atoms with E-state index < -0.39 is 0 Å². The number of rotatable bonds is 4. The number of nitrogen functional groups attached to an aromatic ring is 1. The maximum Gasteiger partial charge on any atom is 0.144 e. The van der Waals surface area contributed by atoms with Crippen LogP contribution < -0.4 is 20.9 Å². The number of hydrogen-bond acceptors (Lipinski definition) is 5. The van der Waals surface area contributed by atoms with Crippen LogP contribution in [0.15, 0.2) is 36.8 Å². The van der Waals surface area contributed by atoms with Gasteiger partial charge in [-0.15, -0.1) is 0 Å². The highest BCUT2D eigenvalue weighted by Gasteiger charge is 2.37. The van der Waals surface area contributed by atoms with Crippen molar-refractivity contribution in [2.75, 3.05) is 12.8 Å². The number of pyridine rings is 1. The predicted octanol–water partition coefficient (Wildman–Crippen LogP) is 4.92. The minimum absolute atomic E-state index is 0.159. The molecule has 174 valence electrons. The van der Waals surface area contributed by atoms with Gasteiger partial charge in [0.25, 0.3) is 0 Å². The molecule has 6 heteroatoms. The van der Waals surface area contributed by atoms with Gasteiger partial charge in [-0.3, -0.25) is 0 Å². The van der Waals surface area contributed by atoms with E-state index in [1.165, 1.54) is 16.7 Å². The number of hydrogen-bond donors (Lipinski definition) is 2. The fourth-order valence-electron chi connectivity index (χ4n) is 5.61. The van der Waals surface area contributed by atoms with Crippen molar-refractivity contribution >= 4 is 5.82 Å².